The highest BCUT2D eigenvalue weighted by atomic mass is 35.5. The van der Waals surface area contributed by atoms with Crippen molar-refractivity contribution in [1.29, 1.82) is 0 Å². The minimum Gasteiger partial charge on any atom is -0.449 e. The van der Waals surface area contributed by atoms with Gasteiger partial charge in [0.05, 0.1) is 5.75 Å². The first-order chi connectivity index (χ1) is 5.83. The molecule has 0 saturated heterocycles. The third-order valence-electron chi connectivity index (χ3n) is 1.37. The molecule has 0 atom stereocenters. The fourth-order valence-electron chi connectivity index (χ4n) is 0.776. The van der Waals surface area contributed by atoms with Crippen molar-refractivity contribution < 1.29 is 4.42 Å². The molecule has 0 aliphatic rings. The zero-order valence-corrected chi connectivity index (χ0v) is 8.54. The Bertz CT molecular complexity index is 227. The Morgan fingerprint density at radius 3 is 3.00 bits per heavy atom. The standard InChI is InChI=1S/C8H12ClNOS/c1-10-4-5-12-6-7-2-3-8(9)11-7/h2-3,10H,4-6H2,1H3. The predicted molar refractivity (Wildman–Crippen MR) is 53.8 cm³/mol. The Labute approximate surface area is 81.7 Å². The summed E-state index contributed by atoms with van der Waals surface area (Å²) in [4.78, 5) is 0. The highest BCUT2D eigenvalue weighted by molar-refractivity contribution is 7.98. The molecule has 0 saturated carbocycles. The summed E-state index contributed by atoms with van der Waals surface area (Å²) in [6.07, 6.45) is 0. The molecule has 0 aliphatic heterocycles. The van der Waals surface area contributed by atoms with E-state index in [9.17, 15) is 0 Å². The Hall–Kier alpha value is -0.120. The van der Waals surface area contributed by atoms with E-state index in [0.29, 0.717) is 5.22 Å². The summed E-state index contributed by atoms with van der Waals surface area (Å²) >= 11 is 7.44. The van der Waals surface area contributed by atoms with Crippen LogP contribution in [0.2, 0.25) is 5.22 Å². The Balaban J connectivity index is 2.15. The van der Waals surface area contributed by atoms with Gasteiger partial charge in [-0.15, -0.1) is 0 Å². The molecule has 4 heteroatoms. The maximum Gasteiger partial charge on any atom is 0.193 e. The molecule has 0 aliphatic carbocycles. The van der Waals surface area contributed by atoms with Crippen LogP contribution in [0.5, 0.6) is 0 Å². The first-order valence-corrected chi connectivity index (χ1v) is 5.33. The van der Waals surface area contributed by atoms with Gasteiger partial charge in [0.15, 0.2) is 5.22 Å². The van der Waals surface area contributed by atoms with Crippen LogP contribution in [0.1, 0.15) is 5.76 Å². The van der Waals surface area contributed by atoms with E-state index in [1.807, 2.05) is 24.9 Å². The van der Waals surface area contributed by atoms with E-state index < -0.39 is 0 Å². The SMILES string of the molecule is CNCCSCc1ccc(Cl)o1. The van der Waals surface area contributed by atoms with Crippen molar-refractivity contribution in [3.05, 3.63) is 23.1 Å². The summed E-state index contributed by atoms with van der Waals surface area (Å²) in [6.45, 7) is 1.03. The number of rotatable bonds is 5. The highest BCUT2D eigenvalue weighted by Gasteiger charge is 1.98. The van der Waals surface area contributed by atoms with Gasteiger partial charge in [0, 0.05) is 12.3 Å². The lowest BCUT2D eigenvalue weighted by Crippen LogP contribution is -2.09. The first-order valence-electron chi connectivity index (χ1n) is 3.79. The minimum absolute atomic E-state index is 0.471. The molecule has 2 nitrogen and oxygen atoms in total. The predicted octanol–water partition coefficient (Wildman–Crippen LogP) is 2.39. The van der Waals surface area contributed by atoms with E-state index >= 15 is 0 Å². The second kappa shape index (κ2) is 5.51. The molecule has 0 unspecified atom stereocenters. The zero-order chi connectivity index (χ0) is 8.81. The number of nitrogens with one attached hydrogen (secondary N) is 1. The van der Waals surface area contributed by atoms with Gasteiger partial charge in [-0.3, -0.25) is 0 Å². The van der Waals surface area contributed by atoms with Crippen molar-refractivity contribution in [3.63, 3.8) is 0 Å². The lowest BCUT2D eigenvalue weighted by atomic mass is 10.5. The van der Waals surface area contributed by atoms with Gasteiger partial charge < -0.3 is 9.73 Å². The molecule has 0 fully saturated rings. The van der Waals surface area contributed by atoms with Gasteiger partial charge in [0.1, 0.15) is 5.76 Å². The lowest BCUT2D eigenvalue weighted by Gasteiger charge is -1.97. The van der Waals surface area contributed by atoms with Crippen molar-refractivity contribution in [2.24, 2.45) is 0 Å². The van der Waals surface area contributed by atoms with E-state index in [0.717, 1.165) is 23.8 Å². The molecule has 1 heterocycles. The molecular formula is C8H12ClNOS. The van der Waals surface area contributed by atoms with Gasteiger partial charge >= 0.3 is 0 Å². The quantitative estimate of drug-likeness (QED) is 0.748. The van der Waals surface area contributed by atoms with Gasteiger partial charge in [0.2, 0.25) is 0 Å². The van der Waals surface area contributed by atoms with Crippen LogP contribution < -0.4 is 5.32 Å². The smallest absolute Gasteiger partial charge is 0.193 e. The second-order valence-electron chi connectivity index (χ2n) is 2.36. The number of hydrogen-bond donors (Lipinski definition) is 1. The van der Waals surface area contributed by atoms with Gasteiger partial charge in [-0.05, 0) is 30.8 Å². The molecule has 0 radical (unpaired) electrons. The number of furan rings is 1. The van der Waals surface area contributed by atoms with Gasteiger partial charge in [-0.25, -0.2) is 0 Å². The molecule has 1 aromatic rings. The van der Waals surface area contributed by atoms with E-state index in [-0.39, 0.29) is 0 Å². The van der Waals surface area contributed by atoms with Crippen LogP contribution in [0.3, 0.4) is 0 Å². The minimum atomic E-state index is 0.471. The van der Waals surface area contributed by atoms with Gasteiger partial charge in [-0.2, -0.15) is 11.8 Å². The Morgan fingerprint density at radius 1 is 1.58 bits per heavy atom. The molecule has 0 spiro atoms. The molecule has 68 valence electrons. The van der Waals surface area contributed by atoms with E-state index in [2.05, 4.69) is 5.32 Å². The third kappa shape index (κ3) is 3.52. The second-order valence-corrected chi connectivity index (χ2v) is 3.84. The van der Waals surface area contributed by atoms with E-state index in [4.69, 9.17) is 16.0 Å². The van der Waals surface area contributed by atoms with Crippen molar-refractivity contribution in [2.45, 2.75) is 5.75 Å². The summed E-state index contributed by atoms with van der Waals surface area (Å²) < 4.78 is 5.19. The maximum absolute atomic E-state index is 5.61. The summed E-state index contributed by atoms with van der Waals surface area (Å²) in [5, 5.41) is 3.55. The molecule has 12 heavy (non-hydrogen) atoms. The molecule has 1 rings (SSSR count). The van der Waals surface area contributed by atoms with E-state index in [1.165, 1.54) is 0 Å². The van der Waals surface area contributed by atoms with Crippen LogP contribution in [0.25, 0.3) is 0 Å². The topological polar surface area (TPSA) is 25.2 Å². The lowest BCUT2D eigenvalue weighted by molar-refractivity contribution is 0.532. The highest BCUT2D eigenvalue weighted by Crippen LogP contribution is 2.17. The van der Waals surface area contributed by atoms with Crippen LogP contribution in [0.15, 0.2) is 16.5 Å². The number of hydrogen-bond acceptors (Lipinski definition) is 3. The molecule has 1 N–H and O–H groups in total. The molecule has 1 aromatic heterocycles. The van der Waals surface area contributed by atoms with Crippen LogP contribution in [-0.4, -0.2) is 19.3 Å². The summed E-state index contributed by atoms with van der Waals surface area (Å²) in [5.74, 6) is 2.93. The molecular weight excluding hydrogens is 194 g/mol. The largest absolute Gasteiger partial charge is 0.449 e. The normalized spacial score (nSPS) is 10.5. The average molecular weight is 206 g/mol. The molecule has 0 amide bonds. The third-order valence-corrected chi connectivity index (χ3v) is 2.55. The summed E-state index contributed by atoms with van der Waals surface area (Å²) in [5.41, 5.74) is 0. The number of halogens is 1. The zero-order valence-electron chi connectivity index (χ0n) is 6.97. The molecule has 0 aromatic carbocycles. The van der Waals surface area contributed by atoms with Crippen LogP contribution in [-0.2, 0) is 5.75 Å². The first kappa shape index (κ1) is 9.96. The van der Waals surface area contributed by atoms with Crippen LogP contribution in [0.4, 0.5) is 0 Å². The average Bonchev–Trinajstić information content (AvgIpc) is 2.45. The fraction of sp³-hybridized carbons (Fsp3) is 0.500. The summed E-state index contributed by atoms with van der Waals surface area (Å²) in [6, 6.07) is 3.68. The van der Waals surface area contributed by atoms with Gasteiger partial charge in [0.25, 0.3) is 0 Å². The Kier molecular flexibility index (Phi) is 4.58. The van der Waals surface area contributed by atoms with Crippen molar-refractivity contribution in [1.82, 2.24) is 5.32 Å². The monoisotopic (exact) mass is 205 g/mol. The van der Waals surface area contributed by atoms with Crippen molar-refractivity contribution in [3.8, 4) is 0 Å². The summed E-state index contributed by atoms with van der Waals surface area (Å²) in [7, 11) is 1.95. The van der Waals surface area contributed by atoms with Crippen molar-refractivity contribution >= 4 is 23.4 Å². The van der Waals surface area contributed by atoms with Crippen molar-refractivity contribution in [2.75, 3.05) is 19.3 Å². The van der Waals surface area contributed by atoms with Gasteiger partial charge in [-0.1, -0.05) is 0 Å². The Morgan fingerprint density at radius 2 is 2.42 bits per heavy atom. The van der Waals surface area contributed by atoms with Crippen LogP contribution in [0, 0.1) is 0 Å². The van der Waals surface area contributed by atoms with Crippen LogP contribution >= 0.6 is 23.4 Å². The number of thioether (sulfide) groups is 1. The molecule has 0 bridgehead atoms. The maximum atomic E-state index is 5.61. The fourth-order valence-corrected chi connectivity index (χ4v) is 1.79. The van der Waals surface area contributed by atoms with E-state index in [1.54, 1.807) is 6.07 Å².